The lowest BCUT2D eigenvalue weighted by atomic mass is 10.2. The normalized spacial score (nSPS) is 11.5. The summed E-state index contributed by atoms with van der Waals surface area (Å²) in [6, 6.07) is 26.5. The van der Waals surface area contributed by atoms with Crippen LogP contribution in [-0.2, 0) is 6.61 Å². The maximum Gasteiger partial charge on any atom is 0.282 e. The third kappa shape index (κ3) is 5.58. The average Bonchev–Trinajstić information content (AvgIpc) is 3.41. The zero-order valence-corrected chi connectivity index (χ0v) is 24.0. The number of hydrogen-bond acceptors (Lipinski definition) is 6. The van der Waals surface area contributed by atoms with Crippen LogP contribution in [0.25, 0.3) is 33.5 Å². The molecule has 6 aromatic rings. The van der Waals surface area contributed by atoms with Crippen LogP contribution in [0.3, 0.4) is 0 Å². The Morgan fingerprint density at radius 3 is 2.66 bits per heavy atom. The quantitative estimate of drug-likeness (QED) is 0.126. The molecule has 0 atom stereocenters. The SMILES string of the molecule is CCOc1cc(C=Nn2c(-c3cc4ccccc4o3)nc3ccccc3c2=O)cc(I)c1OCc1cccc(F)c1. The van der Waals surface area contributed by atoms with Crippen LogP contribution in [0.4, 0.5) is 4.39 Å². The van der Waals surface area contributed by atoms with Gasteiger partial charge in [-0.15, -0.1) is 0 Å². The number of rotatable bonds is 8. The molecule has 2 aromatic heterocycles. The maximum absolute atomic E-state index is 13.6. The van der Waals surface area contributed by atoms with E-state index in [4.69, 9.17) is 18.9 Å². The summed E-state index contributed by atoms with van der Waals surface area (Å²) in [7, 11) is 0. The molecule has 0 aliphatic heterocycles. The molecule has 204 valence electrons. The summed E-state index contributed by atoms with van der Waals surface area (Å²) in [6.45, 7) is 2.47. The number of halogens is 2. The number of hydrogen-bond donors (Lipinski definition) is 0. The van der Waals surface area contributed by atoms with Crippen LogP contribution < -0.4 is 15.0 Å². The minimum Gasteiger partial charge on any atom is -0.490 e. The van der Waals surface area contributed by atoms with Crippen molar-refractivity contribution in [2.24, 2.45) is 5.10 Å². The maximum atomic E-state index is 13.6. The summed E-state index contributed by atoms with van der Waals surface area (Å²) in [5, 5.41) is 5.90. The Bertz CT molecular complexity index is 1950. The highest BCUT2D eigenvalue weighted by Gasteiger charge is 2.17. The van der Waals surface area contributed by atoms with Crippen LogP contribution in [0.5, 0.6) is 11.5 Å². The van der Waals surface area contributed by atoms with Gasteiger partial charge >= 0.3 is 0 Å². The summed E-state index contributed by atoms with van der Waals surface area (Å²) < 4.78 is 33.6. The van der Waals surface area contributed by atoms with E-state index in [1.807, 2.05) is 49.4 Å². The molecule has 0 aliphatic carbocycles. The van der Waals surface area contributed by atoms with E-state index in [2.05, 4.69) is 27.7 Å². The molecule has 0 spiro atoms. The number of nitrogens with zero attached hydrogens (tertiary/aromatic N) is 3. The van der Waals surface area contributed by atoms with Gasteiger partial charge in [0, 0.05) is 5.39 Å². The van der Waals surface area contributed by atoms with E-state index >= 15 is 0 Å². The predicted octanol–water partition coefficient (Wildman–Crippen LogP) is 7.41. The lowest BCUT2D eigenvalue weighted by molar-refractivity contribution is 0.267. The molecule has 0 N–H and O–H groups in total. The molecule has 0 radical (unpaired) electrons. The molecule has 0 saturated heterocycles. The Balaban J connectivity index is 1.40. The van der Waals surface area contributed by atoms with E-state index in [-0.39, 0.29) is 23.8 Å². The summed E-state index contributed by atoms with van der Waals surface area (Å²) in [5.74, 6) is 1.45. The molecule has 6 rings (SSSR count). The molecule has 0 aliphatic rings. The Morgan fingerprint density at radius 2 is 1.83 bits per heavy atom. The van der Waals surface area contributed by atoms with Crippen LogP contribution in [-0.4, -0.2) is 22.5 Å². The zero-order chi connectivity index (χ0) is 28.3. The van der Waals surface area contributed by atoms with Crippen molar-refractivity contribution in [2.45, 2.75) is 13.5 Å². The molecule has 2 heterocycles. The molecule has 0 amide bonds. The highest BCUT2D eigenvalue weighted by atomic mass is 127. The van der Waals surface area contributed by atoms with Gasteiger partial charge in [-0.2, -0.15) is 9.78 Å². The first-order valence-corrected chi connectivity index (χ1v) is 14.0. The van der Waals surface area contributed by atoms with E-state index in [0.29, 0.717) is 51.5 Å². The highest BCUT2D eigenvalue weighted by molar-refractivity contribution is 14.1. The largest absolute Gasteiger partial charge is 0.490 e. The van der Waals surface area contributed by atoms with E-state index in [1.54, 1.807) is 42.6 Å². The molecule has 0 unspecified atom stereocenters. The van der Waals surface area contributed by atoms with Gasteiger partial charge in [-0.25, -0.2) is 9.37 Å². The van der Waals surface area contributed by atoms with Crippen molar-refractivity contribution in [3.63, 3.8) is 0 Å². The van der Waals surface area contributed by atoms with Gasteiger partial charge in [-0.05, 0) is 89.2 Å². The second-order valence-electron chi connectivity index (χ2n) is 9.14. The zero-order valence-electron chi connectivity index (χ0n) is 21.9. The molecular weight excluding hydrogens is 636 g/mol. The van der Waals surface area contributed by atoms with Gasteiger partial charge in [0.15, 0.2) is 17.3 Å². The molecule has 7 nitrogen and oxygen atoms in total. The van der Waals surface area contributed by atoms with Crippen molar-refractivity contribution in [3.05, 3.63) is 122 Å². The fourth-order valence-electron chi connectivity index (χ4n) is 4.45. The van der Waals surface area contributed by atoms with Gasteiger partial charge in [-0.1, -0.05) is 42.5 Å². The summed E-state index contributed by atoms with van der Waals surface area (Å²) in [4.78, 5) is 18.3. The standard InChI is InChI=1S/C32H23FIN3O4/c1-2-39-28-16-21(15-25(34)30(28)40-19-20-8-7-10-23(33)14-20)18-35-37-31(29-17-22-9-3-6-13-27(22)41-29)36-26-12-5-4-11-24(26)32(37)38/h3-18H,2,19H2,1H3. The molecule has 0 bridgehead atoms. The number of furan rings is 1. The number of ether oxygens (including phenoxy) is 2. The molecule has 0 saturated carbocycles. The van der Waals surface area contributed by atoms with E-state index in [9.17, 15) is 9.18 Å². The fraction of sp³-hybridized carbons (Fsp3) is 0.0938. The van der Waals surface area contributed by atoms with Crippen molar-refractivity contribution < 1.29 is 18.3 Å². The predicted molar refractivity (Wildman–Crippen MR) is 165 cm³/mol. The third-order valence-electron chi connectivity index (χ3n) is 6.33. The lowest BCUT2D eigenvalue weighted by Gasteiger charge is -2.15. The molecule has 41 heavy (non-hydrogen) atoms. The minimum atomic E-state index is -0.322. The van der Waals surface area contributed by atoms with E-state index in [1.165, 1.54) is 16.8 Å². The molecule has 4 aromatic carbocycles. The van der Waals surface area contributed by atoms with Crippen molar-refractivity contribution in [3.8, 4) is 23.1 Å². The number of aromatic nitrogens is 2. The Hall–Kier alpha value is -4.51. The summed E-state index contributed by atoms with van der Waals surface area (Å²) in [6.07, 6.45) is 1.57. The Labute approximate surface area is 248 Å². The first-order valence-electron chi connectivity index (χ1n) is 12.9. The number of para-hydroxylation sites is 2. The van der Waals surface area contributed by atoms with Gasteiger partial charge in [0.05, 0.1) is 27.3 Å². The molecule has 9 heteroatoms. The average molecular weight is 659 g/mol. The fourth-order valence-corrected chi connectivity index (χ4v) is 5.24. The second-order valence-corrected chi connectivity index (χ2v) is 10.3. The van der Waals surface area contributed by atoms with Gasteiger partial charge in [-0.3, -0.25) is 4.79 Å². The first-order chi connectivity index (χ1) is 20.0. The van der Waals surface area contributed by atoms with Crippen LogP contribution in [0.2, 0.25) is 0 Å². The summed E-state index contributed by atoms with van der Waals surface area (Å²) in [5.41, 5.74) is 2.30. The Morgan fingerprint density at radius 1 is 1.00 bits per heavy atom. The van der Waals surface area contributed by atoms with E-state index < -0.39 is 0 Å². The van der Waals surface area contributed by atoms with E-state index in [0.717, 1.165) is 8.96 Å². The lowest BCUT2D eigenvalue weighted by Crippen LogP contribution is -2.20. The van der Waals surface area contributed by atoms with Crippen molar-refractivity contribution in [2.75, 3.05) is 6.61 Å². The second kappa shape index (κ2) is 11.5. The third-order valence-corrected chi connectivity index (χ3v) is 7.13. The van der Waals surface area contributed by atoms with Crippen molar-refractivity contribution in [1.82, 2.24) is 9.66 Å². The van der Waals surface area contributed by atoms with Crippen molar-refractivity contribution in [1.29, 1.82) is 0 Å². The van der Waals surface area contributed by atoms with Crippen molar-refractivity contribution >= 4 is 50.7 Å². The van der Waals surface area contributed by atoms with Crippen LogP contribution in [0, 0.1) is 9.39 Å². The smallest absolute Gasteiger partial charge is 0.282 e. The highest BCUT2D eigenvalue weighted by Crippen LogP contribution is 2.35. The minimum absolute atomic E-state index is 0.181. The van der Waals surface area contributed by atoms with Crippen LogP contribution in [0.1, 0.15) is 18.1 Å². The topological polar surface area (TPSA) is 78.9 Å². The Kier molecular flexibility index (Phi) is 7.51. The first kappa shape index (κ1) is 26.7. The van der Waals surface area contributed by atoms with Crippen LogP contribution >= 0.6 is 22.6 Å². The van der Waals surface area contributed by atoms with Gasteiger partial charge in [0.25, 0.3) is 5.56 Å². The summed E-state index contributed by atoms with van der Waals surface area (Å²) >= 11 is 2.16. The van der Waals surface area contributed by atoms with Gasteiger partial charge in [0.2, 0.25) is 5.82 Å². The van der Waals surface area contributed by atoms with Crippen LogP contribution in [0.15, 0.2) is 105 Å². The monoisotopic (exact) mass is 659 g/mol. The van der Waals surface area contributed by atoms with Gasteiger partial charge in [0.1, 0.15) is 18.0 Å². The molecule has 0 fully saturated rings. The number of fused-ring (bicyclic) bond motifs is 2. The molecular formula is C32H23FIN3O4. The van der Waals surface area contributed by atoms with Gasteiger partial charge < -0.3 is 13.9 Å². The number of benzene rings is 4.